The summed E-state index contributed by atoms with van der Waals surface area (Å²) in [4.78, 5) is 13.4. The van der Waals surface area contributed by atoms with Crippen molar-refractivity contribution in [3.05, 3.63) is 0 Å². The molecule has 2 amide bonds. The molecule has 0 aromatic rings. The molecule has 0 aromatic heterocycles. The first-order chi connectivity index (χ1) is 7.69. The Kier molecular flexibility index (Phi) is 9.00. The lowest BCUT2D eigenvalue weighted by atomic mass is 10.0. The quantitative estimate of drug-likeness (QED) is 0.668. The molecule has 0 radical (unpaired) electrons. The zero-order valence-electron chi connectivity index (χ0n) is 10.8. The SMILES string of the molecule is CCCC(CCO)CNC(=O)N(CC)CC. The number of nitrogens with one attached hydrogen (secondary N) is 1. The van der Waals surface area contributed by atoms with Gasteiger partial charge in [-0.3, -0.25) is 0 Å². The number of aliphatic hydroxyl groups excluding tert-OH is 1. The first-order valence-corrected chi connectivity index (χ1v) is 6.33. The lowest BCUT2D eigenvalue weighted by molar-refractivity contribution is 0.197. The summed E-state index contributed by atoms with van der Waals surface area (Å²) in [6.45, 7) is 8.41. The molecule has 0 aromatic carbocycles. The fraction of sp³-hybridized carbons (Fsp3) is 0.917. The van der Waals surface area contributed by atoms with E-state index in [-0.39, 0.29) is 12.6 Å². The maximum atomic E-state index is 11.7. The summed E-state index contributed by atoms with van der Waals surface area (Å²) in [5.41, 5.74) is 0. The zero-order chi connectivity index (χ0) is 12.4. The molecule has 0 saturated carbocycles. The fourth-order valence-electron chi connectivity index (χ4n) is 1.79. The van der Waals surface area contributed by atoms with E-state index in [4.69, 9.17) is 5.11 Å². The van der Waals surface area contributed by atoms with Gasteiger partial charge in [0.05, 0.1) is 0 Å². The molecule has 0 spiro atoms. The summed E-state index contributed by atoms with van der Waals surface area (Å²) >= 11 is 0. The van der Waals surface area contributed by atoms with Gasteiger partial charge in [-0.15, -0.1) is 0 Å². The maximum Gasteiger partial charge on any atom is 0.317 e. The molecular weight excluding hydrogens is 204 g/mol. The highest BCUT2D eigenvalue weighted by atomic mass is 16.3. The molecule has 96 valence electrons. The first kappa shape index (κ1) is 15.2. The molecule has 0 saturated heterocycles. The lowest BCUT2D eigenvalue weighted by Gasteiger charge is -2.22. The summed E-state index contributed by atoms with van der Waals surface area (Å²) in [6, 6.07) is 0.00374. The third kappa shape index (κ3) is 5.95. The van der Waals surface area contributed by atoms with Gasteiger partial charge in [-0.1, -0.05) is 13.3 Å². The second-order valence-electron chi connectivity index (χ2n) is 4.03. The number of urea groups is 1. The molecule has 0 fully saturated rings. The van der Waals surface area contributed by atoms with Crippen LogP contribution in [0, 0.1) is 5.92 Å². The molecule has 0 bridgehead atoms. The third-order valence-electron chi connectivity index (χ3n) is 2.83. The van der Waals surface area contributed by atoms with Crippen molar-refractivity contribution in [2.75, 3.05) is 26.2 Å². The van der Waals surface area contributed by atoms with Gasteiger partial charge in [0.15, 0.2) is 0 Å². The number of hydrogen-bond acceptors (Lipinski definition) is 2. The minimum Gasteiger partial charge on any atom is -0.396 e. The maximum absolute atomic E-state index is 11.7. The van der Waals surface area contributed by atoms with Gasteiger partial charge in [-0.2, -0.15) is 0 Å². The fourth-order valence-corrected chi connectivity index (χ4v) is 1.79. The number of hydrogen-bond donors (Lipinski definition) is 2. The Labute approximate surface area is 99.0 Å². The number of aliphatic hydroxyl groups is 1. The lowest BCUT2D eigenvalue weighted by Crippen LogP contribution is -2.41. The largest absolute Gasteiger partial charge is 0.396 e. The molecule has 0 heterocycles. The number of carbonyl (C=O) groups excluding carboxylic acids is 1. The zero-order valence-corrected chi connectivity index (χ0v) is 10.8. The predicted molar refractivity (Wildman–Crippen MR) is 66.4 cm³/mol. The van der Waals surface area contributed by atoms with E-state index in [1.165, 1.54) is 0 Å². The second kappa shape index (κ2) is 9.46. The smallest absolute Gasteiger partial charge is 0.317 e. The summed E-state index contributed by atoms with van der Waals surface area (Å²) in [6.07, 6.45) is 2.91. The third-order valence-corrected chi connectivity index (χ3v) is 2.83. The Morgan fingerprint density at radius 1 is 1.25 bits per heavy atom. The number of rotatable bonds is 8. The van der Waals surface area contributed by atoms with Crippen LogP contribution in [0.2, 0.25) is 0 Å². The molecule has 1 atom stereocenters. The first-order valence-electron chi connectivity index (χ1n) is 6.33. The van der Waals surface area contributed by atoms with Crippen molar-refractivity contribution < 1.29 is 9.90 Å². The molecule has 4 heteroatoms. The van der Waals surface area contributed by atoms with Crippen LogP contribution in [0.1, 0.15) is 40.0 Å². The second-order valence-corrected chi connectivity index (χ2v) is 4.03. The predicted octanol–water partition coefficient (Wildman–Crippen LogP) is 1.84. The molecule has 1 unspecified atom stereocenters. The Hall–Kier alpha value is -0.770. The Bertz CT molecular complexity index is 176. The van der Waals surface area contributed by atoms with Crippen molar-refractivity contribution in [1.29, 1.82) is 0 Å². The van der Waals surface area contributed by atoms with E-state index in [2.05, 4.69) is 12.2 Å². The van der Waals surface area contributed by atoms with Crippen LogP contribution in [0.3, 0.4) is 0 Å². The standard InChI is InChI=1S/C12H26N2O2/c1-4-7-11(8-9-15)10-13-12(16)14(5-2)6-3/h11,15H,4-10H2,1-3H3,(H,13,16). The summed E-state index contributed by atoms with van der Waals surface area (Å²) in [5, 5.41) is 11.8. The molecule has 0 aliphatic carbocycles. The van der Waals surface area contributed by atoms with Crippen LogP contribution < -0.4 is 5.32 Å². The van der Waals surface area contributed by atoms with Crippen molar-refractivity contribution >= 4 is 6.03 Å². The molecule has 4 nitrogen and oxygen atoms in total. The van der Waals surface area contributed by atoms with Crippen LogP contribution in [0.15, 0.2) is 0 Å². The van der Waals surface area contributed by atoms with Gasteiger partial charge in [0, 0.05) is 26.2 Å². The van der Waals surface area contributed by atoms with E-state index in [0.29, 0.717) is 12.5 Å². The van der Waals surface area contributed by atoms with E-state index in [9.17, 15) is 4.79 Å². The summed E-state index contributed by atoms with van der Waals surface area (Å²) < 4.78 is 0. The van der Waals surface area contributed by atoms with Crippen molar-refractivity contribution in [2.45, 2.75) is 40.0 Å². The van der Waals surface area contributed by atoms with Gasteiger partial charge in [0.25, 0.3) is 0 Å². The van der Waals surface area contributed by atoms with Gasteiger partial charge in [0.1, 0.15) is 0 Å². The summed E-state index contributed by atoms with van der Waals surface area (Å²) in [5.74, 6) is 0.398. The van der Waals surface area contributed by atoms with E-state index in [0.717, 1.165) is 32.4 Å². The van der Waals surface area contributed by atoms with E-state index >= 15 is 0 Å². The van der Waals surface area contributed by atoms with Gasteiger partial charge in [-0.25, -0.2) is 4.79 Å². The highest BCUT2D eigenvalue weighted by Crippen LogP contribution is 2.09. The molecule has 0 aliphatic heterocycles. The molecular formula is C12H26N2O2. The van der Waals surface area contributed by atoms with Crippen LogP contribution >= 0.6 is 0 Å². The van der Waals surface area contributed by atoms with Gasteiger partial charge in [-0.05, 0) is 32.6 Å². The van der Waals surface area contributed by atoms with Crippen molar-refractivity contribution in [3.63, 3.8) is 0 Å². The minimum absolute atomic E-state index is 0.00374. The Balaban J connectivity index is 3.93. The van der Waals surface area contributed by atoms with Crippen LogP contribution in [-0.2, 0) is 0 Å². The summed E-state index contributed by atoms with van der Waals surface area (Å²) in [7, 11) is 0. The van der Waals surface area contributed by atoms with Crippen LogP contribution in [0.25, 0.3) is 0 Å². The minimum atomic E-state index is 0.00374. The monoisotopic (exact) mass is 230 g/mol. The van der Waals surface area contributed by atoms with Crippen LogP contribution in [-0.4, -0.2) is 42.3 Å². The number of nitrogens with zero attached hydrogens (tertiary/aromatic N) is 1. The highest BCUT2D eigenvalue weighted by molar-refractivity contribution is 5.74. The van der Waals surface area contributed by atoms with Crippen molar-refractivity contribution in [3.8, 4) is 0 Å². The van der Waals surface area contributed by atoms with Crippen LogP contribution in [0.5, 0.6) is 0 Å². The van der Waals surface area contributed by atoms with E-state index < -0.39 is 0 Å². The Morgan fingerprint density at radius 3 is 2.31 bits per heavy atom. The van der Waals surface area contributed by atoms with Crippen LogP contribution in [0.4, 0.5) is 4.79 Å². The molecule has 0 rings (SSSR count). The average Bonchev–Trinajstić information content (AvgIpc) is 2.28. The Morgan fingerprint density at radius 2 is 1.88 bits per heavy atom. The van der Waals surface area contributed by atoms with Gasteiger partial charge < -0.3 is 15.3 Å². The van der Waals surface area contributed by atoms with E-state index in [1.54, 1.807) is 4.90 Å². The number of amides is 2. The topological polar surface area (TPSA) is 52.6 Å². The van der Waals surface area contributed by atoms with Crippen molar-refractivity contribution in [1.82, 2.24) is 10.2 Å². The van der Waals surface area contributed by atoms with Gasteiger partial charge >= 0.3 is 6.03 Å². The van der Waals surface area contributed by atoms with E-state index in [1.807, 2.05) is 13.8 Å². The van der Waals surface area contributed by atoms with Gasteiger partial charge in [0.2, 0.25) is 0 Å². The normalized spacial score (nSPS) is 12.2. The molecule has 2 N–H and O–H groups in total. The van der Waals surface area contributed by atoms with Crippen molar-refractivity contribution in [2.24, 2.45) is 5.92 Å². The molecule has 16 heavy (non-hydrogen) atoms. The number of carbonyl (C=O) groups is 1. The molecule has 0 aliphatic rings. The average molecular weight is 230 g/mol. The highest BCUT2D eigenvalue weighted by Gasteiger charge is 2.12.